The molecule has 0 aromatic heterocycles. The number of nitrogens with one attached hydrogen (secondary N) is 3. The lowest BCUT2D eigenvalue weighted by molar-refractivity contribution is -0.117. The van der Waals surface area contributed by atoms with E-state index in [0.717, 1.165) is 0 Å². The van der Waals surface area contributed by atoms with Crippen molar-refractivity contribution in [2.75, 3.05) is 17.7 Å². The Balaban J connectivity index is 0.00000289. The number of hydrogen-bond donors (Lipinski definition) is 4. The lowest BCUT2D eigenvalue weighted by atomic mass is 10.2. The Morgan fingerprint density at radius 2 is 1.78 bits per heavy atom. The minimum Gasteiger partial charge on any atom is -0.341 e. The van der Waals surface area contributed by atoms with Gasteiger partial charge in [0, 0.05) is 18.4 Å². The fraction of sp³-hybridized carbons (Fsp3) is 0.273. The minimum absolute atomic E-state index is 0. The zero-order valence-corrected chi connectivity index (χ0v) is 11.0. The fourth-order valence-corrected chi connectivity index (χ4v) is 1.12. The van der Waals surface area contributed by atoms with Crippen molar-refractivity contribution in [3.63, 3.8) is 0 Å². The highest BCUT2D eigenvalue weighted by atomic mass is 35.5. The normalized spacial score (nSPS) is 10.8. The third kappa shape index (κ3) is 5.03. The van der Waals surface area contributed by atoms with Gasteiger partial charge in [0.2, 0.25) is 5.91 Å². The maximum absolute atomic E-state index is 11.4. The van der Waals surface area contributed by atoms with Crippen LogP contribution in [0.5, 0.6) is 0 Å². The van der Waals surface area contributed by atoms with E-state index in [2.05, 4.69) is 16.0 Å². The fourth-order valence-electron chi connectivity index (χ4n) is 1.12. The third-order valence-electron chi connectivity index (χ3n) is 2.03. The van der Waals surface area contributed by atoms with Crippen LogP contribution in [0.1, 0.15) is 6.92 Å². The summed E-state index contributed by atoms with van der Waals surface area (Å²) >= 11 is 0. The minimum atomic E-state index is -0.578. The van der Waals surface area contributed by atoms with Crippen LogP contribution in [0.3, 0.4) is 0 Å². The number of halogens is 1. The Labute approximate surface area is 112 Å². The van der Waals surface area contributed by atoms with Crippen LogP contribution in [0, 0.1) is 0 Å². The molecule has 7 heteroatoms. The summed E-state index contributed by atoms with van der Waals surface area (Å²) in [6.45, 7) is 1.60. The molecule has 6 nitrogen and oxygen atoms in total. The van der Waals surface area contributed by atoms with Crippen LogP contribution in [-0.4, -0.2) is 25.0 Å². The highest BCUT2D eigenvalue weighted by molar-refractivity contribution is 5.95. The molecule has 0 saturated heterocycles. The topological polar surface area (TPSA) is 96.2 Å². The van der Waals surface area contributed by atoms with E-state index in [9.17, 15) is 9.59 Å². The van der Waals surface area contributed by atoms with E-state index in [1.165, 1.54) is 7.05 Å². The number of anilines is 2. The molecule has 0 fully saturated rings. The van der Waals surface area contributed by atoms with E-state index in [0.29, 0.717) is 11.4 Å². The standard InChI is InChI=1S/C11H16N4O2.ClH/c1-7(12)10(16)14-8-4-3-5-9(6-8)15-11(17)13-2;/h3-7H,12H2,1-2H3,(H,14,16)(H2,13,15,17);1H/t7-;/m0./s1. The van der Waals surface area contributed by atoms with Crippen LogP contribution < -0.4 is 21.7 Å². The van der Waals surface area contributed by atoms with Crippen molar-refractivity contribution in [3.8, 4) is 0 Å². The Hall–Kier alpha value is -1.79. The molecular formula is C11H17ClN4O2. The maximum atomic E-state index is 11.4. The van der Waals surface area contributed by atoms with Gasteiger partial charge in [0.1, 0.15) is 0 Å². The van der Waals surface area contributed by atoms with Crippen LogP contribution >= 0.6 is 12.4 Å². The number of amides is 3. The van der Waals surface area contributed by atoms with Gasteiger partial charge in [-0.2, -0.15) is 0 Å². The second-order valence-electron chi connectivity index (χ2n) is 3.56. The highest BCUT2D eigenvalue weighted by Crippen LogP contribution is 2.14. The van der Waals surface area contributed by atoms with Crippen molar-refractivity contribution in [2.45, 2.75) is 13.0 Å². The second kappa shape index (κ2) is 7.52. The zero-order valence-electron chi connectivity index (χ0n) is 10.2. The highest BCUT2D eigenvalue weighted by Gasteiger charge is 2.07. The summed E-state index contributed by atoms with van der Waals surface area (Å²) in [4.78, 5) is 22.5. The molecular weight excluding hydrogens is 256 g/mol. The molecule has 0 aliphatic heterocycles. The third-order valence-corrected chi connectivity index (χ3v) is 2.03. The quantitative estimate of drug-likeness (QED) is 0.664. The molecule has 1 aromatic carbocycles. The Kier molecular flexibility index (Phi) is 6.77. The van der Waals surface area contributed by atoms with Crippen LogP contribution in [0.25, 0.3) is 0 Å². The summed E-state index contributed by atoms with van der Waals surface area (Å²) in [5, 5.41) is 7.67. The monoisotopic (exact) mass is 272 g/mol. The Morgan fingerprint density at radius 1 is 1.22 bits per heavy atom. The number of nitrogens with two attached hydrogens (primary N) is 1. The molecule has 1 rings (SSSR count). The largest absolute Gasteiger partial charge is 0.341 e. The number of carbonyl (C=O) groups is 2. The molecule has 0 aliphatic rings. The average Bonchev–Trinajstić information content (AvgIpc) is 2.29. The van der Waals surface area contributed by atoms with Crippen LogP contribution in [0.15, 0.2) is 24.3 Å². The molecule has 18 heavy (non-hydrogen) atoms. The number of hydrogen-bond acceptors (Lipinski definition) is 3. The molecule has 0 aliphatic carbocycles. The average molecular weight is 273 g/mol. The van der Waals surface area contributed by atoms with Gasteiger partial charge in [-0.25, -0.2) is 4.79 Å². The van der Waals surface area contributed by atoms with E-state index in [1.54, 1.807) is 31.2 Å². The van der Waals surface area contributed by atoms with Gasteiger partial charge in [-0.3, -0.25) is 4.79 Å². The molecule has 0 heterocycles. The Bertz CT molecular complexity index is 423. The summed E-state index contributed by atoms with van der Waals surface area (Å²) in [7, 11) is 1.52. The summed E-state index contributed by atoms with van der Waals surface area (Å²) in [5.41, 5.74) is 6.61. The van der Waals surface area contributed by atoms with Gasteiger partial charge in [-0.15, -0.1) is 12.4 Å². The van der Waals surface area contributed by atoms with Gasteiger partial charge in [-0.05, 0) is 25.1 Å². The first-order valence-electron chi connectivity index (χ1n) is 5.18. The summed E-state index contributed by atoms with van der Waals surface area (Å²) in [6.07, 6.45) is 0. The van der Waals surface area contributed by atoms with E-state index >= 15 is 0 Å². The number of urea groups is 1. The first-order valence-corrected chi connectivity index (χ1v) is 5.18. The number of benzene rings is 1. The van der Waals surface area contributed by atoms with Crippen LogP contribution in [-0.2, 0) is 4.79 Å². The summed E-state index contributed by atoms with van der Waals surface area (Å²) < 4.78 is 0. The van der Waals surface area contributed by atoms with E-state index in [-0.39, 0.29) is 24.3 Å². The van der Waals surface area contributed by atoms with Gasteiger partial charge >= 0.3 is 6.03 Å². The van der Waals surface area contributed by atoms with Crippen molar-refractivity contribution >= 4 is 35.7 Å². The molecule has 0 spiro atoms. The molecule has 0 radical (unpaired) electrons. The molecule has 3 amide bonds. The van der Waals surface area contributed by atoms with Gasteiger partial charge in [0.25, 0.3) is 0 Å². The molecule has 5 N–H and O–H groups in total. The van der Waals surface area contributed by atoms with Gasteiger partial charge in [0.15, 0.2) is 0 Å². The van der Waals surface area contributed by atoms with Crippen molar-refractivity contribution in [3.05, 3.63) is 24.3 Å². The molecule has 1 atom stereocenters. The summed E-state index contributed by atoms with van der Waals surface area (Å²) in [6, 6.07) is 5.91. The zero-order chi connectivity index (χ0) is 12.8. The first-order chi connectivity index (χ1) is 8.02. The predicted octanol–water partition coefficient (Wildman–Crippen LogP) is 1.15. The maximum Gasteiger partial charge on any atom is 0.318 e. The first kappa shape index (κ1) is 16.2. The van der Waals surface area contributed by atoms with Crippen molar-refractivity contribution < 1.29 is 9.59 Å². The lowest BCUT2D eigenvalue weighted by Crippen LogP contribution is -2.32. The van der Waals surface area contributed by atoms with Gasteiger partial charge in [0.05, 0.1) is 6.04 Å². The predicted molar refractivity (Wildman–Crippen MR) is 74.0 cm³/mol. The van der Waals surface area contributed by atoms with Gasteiger partial charge in [-0.1, -0.05) is 6.07 Å². The van der Waals surface area contributed by atoms with Crippen molar-refractivity contribution in [1.29, 1.82) is 0 Å². The van der Waals surface area contributed by atoms with Crippen molar-refractivity contribution in [1.82, 2.24) is 5.32 Å². The molecule has 1 aromatic rings. The molecule has 100 valence electrons. The SMILES string of the molecule is CNC(=O)Nc1cccc(NC(=O)[C@H](C)N)c1.Cl. The smallest absolute Gasteiger partial charge is 0.318 e. The van der Waals surface area contributed by atoms with E-state index in [1.807, 2.05) is 0 Å². The number of carbonyl (C=O) groups excluding carboxylic acids is 2. The molecule has 0 saturated carbocycles. The van der Waals surface area contributed by atoms with Crippen molar-refractivity contribution in [2.24, 2.45) is 5.73 Å². The van der Waals surface area contributed by atoms with Crippen LogP contribution in [0.4, 0.5) is 16.2 Å². The van der Waals surface area contributed by atoms with E-state index < -0.39 is 6.04 Å². The number of rotatable bonds is 3. The Morgan fingerprint density at radius 3 is 2.28 bits per heavy atom. The van der Waals surface area contributed by atoms with Gasteiger partial charge < -0.3 is 21.7 Å². The second-order valence-corrected chi connectivity index (χ2v) is 3.56. The lowest BCUT2D eigenvalue weighted by Gasteiger charge is -2.09. The van der Waals surface area contributed by atoms with Crippen LogP contribution in [0.2, 0.25) is 0 Å². The summed E-state index contributed by atoms with van der Waals surface area (Å²) in [5.74, 6) is -0.276. The molecule has 0 bridgehead atoms. The van der Waals surface area contributed by atoms with E-state index in [4.69, 9.17) is 5.73 Å². The molecule has 0 unspecified atom stereocenters.